The van der Waals surface area contributed by atoms with Crippen LogP contribution in [0.15, 0.2) is 41.1 Å². The van der Waals surface area contributed by atoms with Gasteiger partial charge in [-0.2, -0.15) is 5.26 Å². The van der Waals surface area contributed by atoms with Crippen molar-refractivity contribution in [3.63, 3.8) is 0 Å². The summed E-state index contributed by atoms with van der Waals surface area (Å²) < 4.78 is 8.33. The molecule has 1 fully saturated rings. The van der Waals surface area contributed by atoms with Gasteiger partial charge in [0.25, 0.3) is 0 Å². The van der Waals surface area contributed by atoms with Gasteiger partial charge in [0.05, 0.1) is 17.8 Å². The molecule has 0 spiro atoms. The first-order chi connectivity index (χ1) is 13.3. The number of aromatic amines is 1. The summed E-state index contributed by atoms with van der Waals surface area (Å²) in [6.07, 6.45) is 12.9. The Hall–Kier alpha value is -3.33. The van der Waals surface area contributed by atoms with Crippen LogP contribution in [-0.4, -0.2) is 19.5 Å². The third-order valence-electron chi connectivity index (χ3n) is 5.34. The van der Waals surface area contributed by atoms with Crippen molar-refractivity contribution in [2.24, 2.45) is 0 Å². The van der Waals surface area contributed by atoms with E-state index in [-0.39, 0.29) is 0 Å². The Morgan fingerprint density at radius 2 is 2.11 bits per heavy atom. The molecular formula is C21H19N5O. The van der Waals surface area contributed by atoms with E-state index in [9.17, 15) is 0 Å². The predicted octanol–water partition coefficient (Wildman–Crippen LogP) is 5.21. The van der Waals surface area contributed by atoms with Crippen LogP contribution in [-0.2, 0) is 0 Å². The maximum atomic E-state index is 8.74. The van der Waals surface area contributed by atoms with Gasteiger partial charge in [-0.3, -0.25) is 0 Å². The zero-order valence-corrected chi connectivity index (χ0v) is 14.9. The van der Waals surface area contributed by atoms with E-state index in [0.29, 0.717) is 11.8 Å². The van der Waals surface area contributed by atoms with Crippen LogP contribution in [0.3, 0.4) is 0 Å². The van der Waals surface area contributed by atoms with Gasteiger partial charge in [-0.05, 0) is 37.1 Å². The molecule has 1 N–H and O–H groups in total. The molecule has 134 valence electrons. The van der Waals surface area contributed by atoms with Gasteiger partial charge >= 0.3 is 0 Å². The maximum Gasteiger partial charge on any atom is 0.177 e. The van der Waals surface area contributed by atoms with Crippen LogP contribution in [0.1, 0.15) is 43.9 Å². The standard InChI is InChI=1S/C21H19N5O/c22-11-4-7-15-8-9-18(27-15)21-25-17-13-24-20-16(10-12-23-20)19(17)26(21)14-5-2-1-3-6-14/h4,7-10,12-14H,1-3,5-6H2,(H,23,24)/b7-4+. The first kappa shape index (κ1) is 15.9. The van der Waals surface area contributed by atoms with Gasteiger partial charge in [0.1, 0.15) is 16.9 Å². The molecule has 4 heterocycles. The van der Waals surface area contributed by atoms with Gasteiger partial charge in [0, 0.05) is 23.7 Å². The van der Waals surface area contributed by atoms with Crippen LogP contribution in [0.5, 0.6) is 0 Å². The molecule has 0 amide bonds. The van der Waals surface area contributed by atoms with Crippen LogP contribution < -0.4 is 0 Å². The molecule has 1 saturated carbocycles. The number of pyridine rings is 1. The first-order valence-electron chi connectivity index (χ1n) is 9.35. The summed E-state index contributed by atoms with van der Waals surface area (Å²) in [6, 6.07) is 8.27. The minimum Gasteiger partial charge on any atom is -0.453 e. The number of aromatic nitrogens is 4. The van der Waals surface area contributed by atoms with Crippen LogP contribution in [0.4, 0.5) is 0 Å². The zero-order valence-electron chi connectivity index (χ0n) is 14.9. The molecule has 6 nitrogen and oxygen atoms in total. The van der Waals surface area contributed by atoms with Gasteiger partial charge in [0.15, 0.2) is 11.6 Å². The largest absolute Gasteiger partial charge is 0.453 e. The molecule has 0 atom stereocenters. The molecule has 27 heavy (non-hydrogen) atoms. The van der Waals surface area contributed by atoms with Crippen molar-refractivity contribution in [3.05, 3.63) is 42.4 Å². The quantitative estimate of drug-likeness (QED) is 0.510. The van der Waals surface area contributed by atoms with Gasteiger partial charge in [-0.25, -0.2) is 9.97 Å². The van der Waals surface area contributed by atoms with Gasteiger partial charge in [-0.15, -0.1) is 0 Å². The number of fused-ring (bicyclic) bond motifs is 3. The van der Waals surface area contributed by atoms with Crippen LogP contribution in [0.2, 0.25) is 0 Å². The molecule has 4 aromatic rings. The lowest BCUT2D eigenvalue weighted by molar-refractivity contribution is 0.360. The lowest BCUT2D eigenvalue weighted by Crippen LogP contribution is -2.14. The molecule has 6 heteroatoms. The topological polar surface area (TPSA) is 83.4 Å². The summed E-state index contributed by atoms with van der Waals surface area (Å²) in [5, 5.41) is 9.83. The van der Waals surface area contributed by atoms with Crippen LogP contribution in [0, 0.1) is 11.3 Å². The normalized spacial score (nSPS) is 15.8. The molecule has 0 bridgehead atoms. The van der Waals surface area contributed by atoms with Crippen molar-refractivity contribution in [1.82, 2.24) is 19.5 Å². The molecule has 0 radical (unpaired) electrons. The minimum atomic E-state index is 0.405. The Morgan fingerprint density at radius 3 is 2.96 bits per heavy atom. The Morgan fingerprint density at radius 1 is 1.22 bits per heavy atom. The average Bonchev–Trinajstić information content (AvgIpc) is 3.43. The minimum absolute atomic E-state index is 0.405. The fraction of sp³-hybridized carbons (Fsp3) is 0.286. The Kier molecular flexibility index (Phi) is 3.79. The van der Waals surface area contributed by atoms with E-state index in [0.717, 1.165) is 46.5 Å². The molecular weight excluding hydrogens is 338 g/mol. The van der Waals surface area contributed by atoms with E-state index in [2.05, 4.69) is 20.6 Å². The van der Waals surface area contributed by atoms with E-state index in [1.807, 2.05) is 30.6 Å². The second-order valence-corrected chi connectivity index (χ2v) is 6.99. The van der Waals surface area contributed by atoms with Crippen molar-refractivity contribution < 1.29 is 4.42 Å². The van der Waals surface area contributed by atoms with Gasteiger partial charge < -0.3 is 14.0 Å². The molecule has 0 aromatic carbocycles. The monoisotopic (exact) mass is 357 g/mol. The van der Waals surface area contributed by atoms with Crippen molar-refractivity contribution in [2.45, 2.75) is 38.1 Å². The summed E-state index contributed by atoms with van der Waals surface area (Å²) >= 11 is 0. The number of hydrogen-bond donors (Lipinski definition) is 1. The van der Waals surface area contributed by atoms with Crippen molar-refractivity contribution in [2.75, 3.05) is 0 Å². The van der Waals surface area contributed by atoms with Crippen LogP contribution in [0.25, 0.3) is 39.7 Å². The van der Waals surface area contributed by atoms with Gasteiger partial charge in [0.2, 0.25) is 0 Å². The molecule has 5 rings (SSSR count). The molecule has 0 aliphatic heterocycles. The second-order valence-electron chi connectivity index (χ2n) is 6.99. The lowest BCUT2D eigenvalue weighted by Gasteiger charge is -2.25. The number of H-pyrrole nitrogens is 1. The number of rotatable bonds is 3. The number of furan rings is 1. The van der Waals surface area contributed by atoms with E-state index in [1.165, 1.54) is 25.3 Å². The molecule has 1 aliphatic rings. The van der Waals surface area contributed by atoms with Crippen LogP contribution >= 0.6 is 0 Å². The highest BCUT2D eigenvalue weighted by molar-refractivity contribution is 6.02. The maximum absolute atomic E-state index is 8.74. The fourth-order valence-electron chi connectivity index (χ4n) is 4.14. The highest BCUT2D eigenvalue weighted by Crippen LogP contribution is 2.38. The van der Waals surface area contributed by atoms with E-state index >= 15 is 0 Å². The lowest BCUT2D eigenvalue weighted by atomic mass is 9.95. The summed E-state index contributed by atoms with van der Waals surface area (Å²) in [7, 11) is 0. The van der Waals surface area contributed by atoms with E-state index < -0.39 is 0 Å². The molecule has 4 aromatic heterocycles. The third-order valence-corrected chi connectivity index (χ3v) is 5.34. The molecule has 1 aliphatic carbocycles. The number of nitriles is 1. The summed E-state index contributed by atoms with van der Waals surface area (Å²) in [5.74, 6) is 2.21. The Bertz CT molecular complexity index is 1180. The number of imidazole rings is 1. The highest BCUT2D eigenvalue weighted by Gasteiger charge is 2.25. The first-order valence-corrected chi connectivity index (χ1v) is 9.35. The molecule has 0 unspecified atom stereocenters. The fourth-order valence-corrected chi connectivity index (χ4v) is 4.14. The zero-order chi connectivity index (χ0) is 18.2. The number of hydrogen-bond acceptors (Lipinski definition) is 4. The Balaban J connectivity index is 1.74. The molecule has 0 saturated heterocycles. The summed E-state index contributed by atoms with van der Waals surface area (Å²) in [4.78, 5) is 12.6. The Labute approximate surface area is 156 Å². The smallest absolute Gasteiger partial charge is 0.177 e. The van der Waals surface area contributed by atoms with Gasteiger partial charge in [-0.1, -0.05) is 19.3 Å². The second kappa shape index (κ2) is 6.44. The predicted molar refractivity (Wildman–Crippen MR) is 104 cm³/mol. The highest BCUT2D eigenvalue weighted by atomic mass is 16.3. The SMILES string of the molecule is N#C/C=C/c1ccc(-c2nc3cnc4[nH]ccc4c3n2C2CCCCC2)o1. The average molecular weight is 357 g/mol. The summed E-state index contributed by atoms with van der Waals surface area (Å²) in [6.45, 7) is 0. The van der Waals surface area contributed by atoms with Crippen molar-refractivity contribution in [1.29, 1.82) is 5.26 Å². The number of nitrogens with one attached hydrogen (secondary N) is 1. The van der Waals surface area contributed by atoms with E-state index in [1.54, 1.807) is 6.08 Å². The van der Waals surface area contributed by atoms with Crippen molar-refractivity contribution >= 4 is 28.1 Å². The van der Waals surface area contributed by atoms with E-state index in [4.69, 9.17) is 14.7 Å². The van der Waals surface area contributed by atoms with Crippen molar-refractivity contribution in [3.8, 4) is 17.7 Å². The summed E-state index contributed by atoms with van der Waals surface area (Å²) in [5.41, 5.74) is 2.88. The number of allylic oxidation sites excluding steroid dienone is 1. The third kappa shape index (κ3) is 2.63. The number of nitrogens with zero attached hydrogens (tertiary/aromatic N) is 4.